The van der Waals surface area contributed by atoms with Crippen LogP contribution in [0.2, 0.25) is 0 Å². The Labute approximate surface area is 99.8 Å². The zero-order valence-electron chi connectivity index (χ0n) is 10.7. The van der Waals surface area contributed by atoms with Gasteiger partial charge in [-0.05, 0) is 44.8 Å². The molecule has 1 unspecified atom stereocenters. The maximum atomic E-state index is 8.83. The second-order valence-corrected chi connectivity index (χ2v) is 4.71. The van der Waals surface area contributed by atoms with Gasteiger partial charge >= 0.3 is 0 Å². The minimum absolute atomic E-state index is 0.463. The van der Waals surface area contributed by atoms with Crippen molar-refractivity contribution in [3.05, 3.63) is 0 Å². The second-order valence-electron chi connectivity index (χ2n) is 4.71. The molecule has 1 N–H and O–H groups in total. The smallest absolute Gasteiger partial charge is 0.0638 e. The van der Waals surface area contributed by atoms with Crippen LogP contribution in [0.15, 0.2) is 0 Å². The van der Waals surface area contributed by atoms with E-state index in [-0.39, 0.29) is 0 Å². The monoisotopic (exact) mass is 223 g/mol. The third kappa shape index (κ3) is 4.11. The summed E-state index contributed by atoms with van der Waals surface area (Å²) in [7, 11) is 0. The van der Waals surface area contributed by atoms with Gasteiger partial charge in [-0.1, -0.05) is 13.8 Å². The number of nitrogens with zero attached hydrogens (tertiary/aromatic N) is 2. The molecule has 0 aromatic rings. The summed E-state index contributed by atoms with van der Waals surface area (Å²) >= 11 is 0. The molecule has 0 bridgehead atoms. The van der Waals surface area contributed by atoms with Crippen LogP contribution in [0, 0.1) is 17.2 Å². The van der Waals surface area contributed by atoms with Crippen molar-refractivity contribution in [1.82, 2.24) is 10.2 Å². The lowest BCUT2D eigenvalue weighted by Crippen LogP contribution is -2.41. The number of hydrogen-bond donors (Lipinski definition) is 1. The largest absolute Gasteiger partial charge is 0.317 e. The molecule has 1 heterocycles. The van der Waals surface area contributed by atoms with E-state index in [1.807, 2.05) is 0 Å². The summed E-state index contributed by atoms with van der Waals surface area (Å²) in [5.74, 6) is 0.828. The molecule has 0 saturated carbocycles. The van der Waals surface area contributed by atoms with Crippen LogP contribution < -0.4 is 5.32 Å². The highest BCUT2D eigenvalue weighted by Gasteiger charge is 2.20. The van der Waals surface area contributed by atoms with Crippen molar-refractivity contribution >= 4 is 0 Å². The Hall–Kier alpha value is -0.590. The van der Waals surface area contributed by atoms with Gasteiger partial charge in [0, 0.05) is 12.6 Å². The van der Waals surface area contributed by atoms with Gasteiger partial charge in [-0.15, -0.1) is 0 Å². The molecule has 3 nitrogen and oxygen atoms in total. The van der Waals surface area contributed by atoms with E-state index in [0.29, 0.717) is 12.5 Å². The van der Waals surface area contributed by atoms with Gasteiger partial charge in [0.2, 0.25) is 0 Å². The summed E-state index contributed by atoms with van der Waals surface area (Å²) in [4.78, 5) is 2.50. The third-order valence-corrected chi connectivity index (χ3v) is 3.67. The number of nitrogens with one attached hydrogen (secondary N) is 1. The van der Waals surface area contributed by atoms with Crippen LogP contribution in [0.5, 0.6) is 0 Å². The van der Waals surface area contributed by atoms with Gasteiger partial charge in [0.1, 0.15) is 0 Å². The van der Waals surface area contributed by atoms with E-state index >= 15 is 0 Å². The van der Waals surface area contributed by atoms with Crippen molar-refractivity contribution in [2.75, 3.05) is 26.2 Å². The SMILES string of the molecule is CCC(CC#N)N(CC)CC1CCNCC1. The number of nitriles is 1. The van der Waals surface area contributed by atoms with Gasteiger partial charge in [-0.2, -0.15) is 5.26 Å². The Morgan fingerprint density at radius 3 is 2.56 bits per heavy atom. The van der Waals surface area contributed by atoms with Crippen LogP contribution in [-0.2, 0) is 0 Å². The van der Waals surface area contributed by atoms with E-state index in [9.17, 15) is 0 Å². The van der Waals surface area contributed by atoms with Gasteiger partial charge in [0.15, 0.2) is 0 Å². The topological polar surface area (TPSA) is 39.1 Å². The fraction of sp³-hybridized carbons (Fsp3) is 0.923. The number of hydrogen-bond acceptors (Lipinski definition) is 3. The lowest BCUT2D eigenvalue weighted by molar-refractivity contribution is 0.156. The molecule has 16 heavy (non-hydrogen) atoms. The highest BCUT2D eigenvalue weighted by Crippen LogP contribution is 2.17. The zero-order valence-corrected chi connectivity index (χ0v) is 10.7. The first-order valence-electron chi connectivity index (χ1n) is 6.63. The summed E-state index contributed by atoms with van der Waals surface area (Å²) in [6.45, 7) is 8.98. The first-order valence-corrected chi connectivity index (χ1v) is 6.63. The molecular formula is C13H25N3. The Bertz CT molecular complexity index is 216. The predicted octanol–water partition coefficient (Wildman–Crippen LogP) is 2.00. The van der Waals surface area contributed by atoms with Crippen molar-refractivity contribution in [3.8, 4) is 6.07 Å². The normalized spacial score (nSPS) is 19.6. The molecule has 1 fully saturated rings. The molecule has 3 heteroatoms. The van der Waals surface area contributed by atoms with Crippen molar-refractivity contribution in [2.45, 2.75) is 45.6 Å². The standard InChI is InChI=1S/C13H25N3/c1-3-13(5-8-14)16(4-2)11-12-6-9-15-10-7-12/h12-13,15H,3-7,9-11H2,1-2H3. The Kier molecular flexibility index (Phi) is 6.44. The summed E-state index contributed by atoms with van der Waals surface area (Å²) in [6, 6.07) is 2.78. The minimum Gasteiger partial charge on any atom is -0.317 e. The van der Waals surface area contributed by atoms with Crippen LogP contribution in [0.25, 0.3) is 0 Å². The van der Waals surface area contributed by atoms with Crippen molar-refractivity contribution in [1.29, 1.82) is 5.26 Å². The van der Waals surface area contributed by atoms with Gasteiger partial charge in [0.25, 0.3) is 0 Å². The molecule has 1 atom stereocenters. The highest BCUT2D eigenvalue weighted by molar-refractivity contribution is 4.83. The fourth-order valence-corrected chi connectivity index (χ4v) is 2.57. The number of rotatable bonds is 6. The molecule has 0 amide bonds. The molecule has 0 aromatic carbocycles. The average molecular weight is 223 g/mol. The molecule has 1 aliphatic rings. The summed E-state index contributed by atoms with van der Waals surface area (Å²) < 4.78 is 0. The molecular weight excluding hydrogens is 198 g/mol. The van der Waals surface area contributed by atoms with E-state index in [1.165, 1.54) is 19.4 Å². The van der Waals surface area contributed by atoms with Gasteiger partial charge < -0.3 is 5.32 Å². The van der Waals surface area contributed by atoms with E-state index < -0.39 is 0 Å². The van der Waals surface area contributed by atoms with Crippen molar-refractivity contribution in [3.63, 3.8) is 0 Å². The van der Waals surface area contributed by atoms with E-state index in [0.717, 1.165) is 32.0 Å². The number of piperidine rings is 1. The lowest BCUT2D eigenvalue weighted by atomic mass is 9.96. The lowest BCUT2D eigenvalue weighted by Gasteiger charge is -2.33. The Morgan fingerprint density at radius 1 is 1.38 bits per heavy atom. The summed E-state index contributed by atoms with van der Waals surface area (Å²) in [6.07, 6.45) is 4.35. The Morgan fingerprint density at radius 2 is 2.06 bits per heavy atom. The van der Waals surface area contributed by atoms with Crippen LogP contribution in [0.3, 0.4) is 0 Å². The molecule has 0 radical (unpaired) electrons. The van der Waals surface area contributed by atoms with Gasteiger partial charge in [-0.3, -0.25) is 4.90 Å². The highest BCUT2D eigenvalue weighted by atomic mass is 15.1. The Balaban J connectivity index is 2.42. The molecule has 1 rings (SSSR count). The summed E-state index contributed by atoms with van der Waals surface area (Å²) in [5.41, 5.74) is 0. The third-order valence-electron chi connectivity index (χ3n) is 3.67. The van der Waals surface area contributed by atoms with Gasteiger partial charge in [0.05, 0.1) is 12.5 Å². The van der Waals surface area contributed by atoms with E-state index in [1.54, 1.807) is 0 Å². The second kappa shape index (κ2) is 7.65. The molecule has 92 valence electrons. The van der Waals surface area contributed by atoms with Crippen LogP contribution in [0.4, 0.5) is 0 Å². The van der Waals surface area contributed by atoms with Crippen molar-refractivity contribution < 1.29 is 0 Å². The van der Waals surface area contributed by atoms with E-state index in [4.69, 9.17) is 5.26 Å². The molecule has 0 aliphatic carbocycles. The predicted molar refractivity (Wildman–Crippen MR) is 67.1 cm³/mol. The first kappa shape index (κ1) is 13.5. The average Bonchev–Trinajstić information content (AvgIpc) is 2.35. The zero-order chi connectivity index (χ0) is 11.8. The quantitative estimate of drug-likeness (QED) is 0.748. The van der Waals surface area contributed by atoms with Crippen LogP contribution >= 0.6 is 0 Å². The van der Waals surface area contributed by atoms with E-state index in [2.05, 4.69) is 30.1 Å². The maximum absolute atomic E-state index is 8.83. The van der Waals surface area contributed by atoms with Crippen LogP contribution in [-0.4, -0.2) is 37.1 Å². The van der Waals surface area contributed by atoms with Crippen molar-refractivity contribution in [2.24, 2.45) is 5.92 Å². The fourth-order valence-electron chi connectivity index (χ4n) is 2.57. The van der Waals surface area contributed by atoms with Gasteiger partial charge in [-0.25, -0.2) is 0 Å². The molecule has 0 spiro atoms. The summed E-state index contributed by atoms with van der Waals surface area (Å²) in [5, 5.41) is 12.2. The molecule has 0 aromatic heterocycles. The maximum Gasteiger partial charge on any atom is 0.0638 e. The molecule has 1 saturated heterocycles. The minimum atomic E-state index is 0.463. The molecule has 1 aliphatic heterocycles. The first-order chi connectivity index (χ1) is 7.81. The van der Waals surface area contributed by atoms with Crippen LogP contribution in [0.1, 0.15) is 39.5 Å².